The molecule has 3 rings (SSSR count). The zero-order valence-electron chi connectivity index (χ0n) is 18.6. The molecule has 0 aliphatic rings. The summed E-state index contributed by atoms with van der Waals surface area (Å²) in [6, 6.07) is 23.4. The summed E-state index contributed by atoms with van der Waals surface area (Å²) in [5.74, 6) is -0.559. The molecule has 170 valence electrons. The van der Waals surface area contributed by atoms with Gasteiger partial charge in [0.25, 0.3) is 11.8 Å². The molecule has 7 nitrogen and oxygen atoms in total. The molecule has 3 amide bonds. The highest BCUT2D eigenvalue weighted by molar-refractivity contribution is 5.97. The molecule has 7 heteroatoms. The van der Waals surface area contributed by atoms with Gasteiger partial charge >= 0.3 is 0 Å². The van der Waals surface area contributed by atoms with Gasteiger partial charge in [-0.05, 0) is 54.4 Å². The maximum atomic E-state index is 12.4. The average molecular weight is 445 g/mol. The minimum atomic E-state index is -0.239. The maximum Gasteiger partial charge on any atom is 0.251 e. The smallest absolute Gasteiger partial charge is 0.251 e. The van der Waals surface area contributed by atoms with E-state index in [-0.39, 0.29) is 24.3 Å². The van der Waals surface area contributed by atoms with E-state index in [9.17, 15) is 14.4 Å². The molecule has 3 aromatic carbocycles. The van der Waals surface area contributed by atoms with Gasteiger partial charge < -0.3 is 21.3 Å². The third-order valence-corrected chi connectivity index (χ3v) is 4.84. The molecular weight excluding hydrogens is 416 g/mol. The standard InChI is InChI=1S/C26H28N4O3/c1-2-15-27-25(32)20-11-13-22(14-12-20)30-24(31)18-28-23-10-6-9-21(16-23)26(33)29-17-19-7-4-3-5-8-19/h3-14,16,28H,2,15,17-18H2,1H3,(H,27,32)(H,29,33)(H,30,31). The van der Waals surface area contributed by atoms with Gasteiger partial charge in [-0.25, -0.2) is 0 Å². The zero-order valence-corrected chi connectivity index (χ0v) is 18.6. The van der Waals surface area contributed by atoms with Crippen molar-refractivity contribution >= 4 is 29.1 Å². The monoisotopic (exact) mass is 444 g/mol. The van der Waals surface area contributed by atoms with Crippen LogP contribution in [-0.4, -0.2) is 30.8 Å². The molecular formula is C26H28N4O3. The van der Waals surface area contributed by atoms with Crippen LogP contribution < -0.4 is 21.3 Å². The van der Waals surface area contributed by atoms with E-state index >= 15 is 0 Å². The van der Waals surface area contributed by atoms with Crippen molar-refractivity contribution < 1.29 is 14.4 Å². The Balaban J connectivity index is 1.48. The van der Waals surface area contributed by atoms with Crippen LogP contribution in [0.3, 0.4) is 0 Å². The minimum absolute atomic E-state index is 0.0355. The van der Waals surface area contributed by atoms with Gasteiger partial charge in [0.2, 0.25) is 5.91 Å². The Hall–Kier alpha value is -4.13. The molecule has 0 fully saturated rings. The molecule has 0 radical (unpaired) electrons. The van der Waals surface area contributed by atoms with Gasteiger partial charge in [-0.1, -0.05) is 43.3 Å². The number of nitrogens with one attached hydrogen (secondary N) is 4. The summed E-state index contributed by atoms with van der Waals surface area (Å²) >= 11 is 0. The first-order valence-corrected chi connectivity index (χ1v) is 10.9. The van der Waals surface area contributed by atoms with Crippen LogP contribution >= 0.6 is 0 Å². The summed E-state index contributed by atoms with van der Waals surface area (Å²) in [5, 5.41) is 11.5. The minimum Gasteiger partial charge on any atom is -0.376 e. The first-order valence-electron chi connectivity index (χ1n) is 10.9. The predicted octanol–water partition coefficient (Wildman–Crippen LogP) is 3.81. The second-order valence-corrected chi connectivity index (χ2v) is 7.48. The fourth-order valence-corrected chi connectivity index (χ4v) is 3.08. The Kier molecular flexibility index (Phi) is 8.59. The Morgan fingerprint density at radius 2 is 1.45 bits per heavy atom. The first-order chi connectivity index (χ1) is 16.0. The molecule has 0 aromatic heterocycles. The van der Waals surface area contributed by atoms with Gasteiger partial charge in [0, 0.05) is 35.6 Å². The summed E-state index contributed by atoms with van der Waals surface area (Å²) < 4.78 is 0. The number of hydrogen-bond donors (Lipinski definition) is 4. The summed E-state index contributed by atoms with van der Waals surface area (Å²) in [6.45, 7) is 3.09. The van der Waals surface area contributed by atoms with Crippen molar-refractivity contribution in [2.45, 2.75) is 19.9 Å². The number of hydrogen-bond acceptors (Lipinski definition) is 4. The fourth-order valence-electron chi connectivity index (χ4n) is 3.08. The lowest BCUT2D eigenvalue weighted by molar-refractivity contribution is -0.114. The van der Waals surface area contributed by atoms with Crippen LogP contribution in [0.1, 0.15) is 39.6 Å². The Morgan fingerprint density at radius 1 is 0.727 bits per heavy atom. The number of anilines is 2. The zero-order chi connectivity index (χ0) is 23.5. The molecule has 0 bridgehead atoms. The molecule has 0 aliphatic carbocycles. The van der Waals surface area contributed by atoms with E-state index in [1.165, 1.54) is 0 Å². The van der Waals surface area contributed by atoms with Crippen LogP contribution in [0.15, 0.2) is 78.9 Å². The molecule has 0 aliphatic heterocycles. The average Bonchev–Trinajstić information content (AvgIpc) is 2.86. The van der Waals surface area contributed by atoms with Crippen molar-refractivity contribution in [3.8, 4) is 0 Å². The van der Waals surface area contributed by atoms with Crippen molar-refractivity contribution in [2.75, 3.05) is 23.7 Å². The second-order valence-electron chi connectivity index (χ2n) is 7.48. The number of amides is 3. The third-order valence-electron chi connectivity index (χ3n) is 4.84. The van der Waals surface area contributed by atoms with E-state index in [1.807, 2.05) is 37.3 Å². The molecule has 33 heavy (non-hydrogen) atoms. The van der Waals surface area contributed by atoms with Crippen molar-refractivity contribution in [3.63, 3.8) is 0 Å². The Labute approximate surface area is 193 Å². The molecule has 4 N–H and O–H groups in total. The van der Waals surface area contributed by atoms with Crippen LogP contribution in [0.4, 0.5) is 11.4 Å². The lowest BCUT2D eigenvalue weighted by Gasteiger charge is -2.10. The van der Waals surface area contributed by atoms with Crippen molar-refractivity contribution in [3.05, 3.63) is 95.6 Å². The van der Waals surface area contributed by atoms with Gasteiger partial charge in [0.15, 0.2) is 0 Å². The highest BCUT2D eigenvalue weighted by Gasteiger charge is 2.08. The van der Waals surface area contributed by atoms with Crippen LogP contribution in [0, 0.1) is 0 Å². The Bertz CT molecular complexity index is 1080. The summed E-state index contributed by atoms with van der Waals surface area (Å²) in [7, 11) is 0. The number of rotatable bonds is 10. The van der Waals surface area contributed by atoms with Crippen LogP contribution in [0.2, 0.25) is 0 Å². The SMILES string of the molecule is CCCNC(=O)c1ccc(NC(=O)CNc2cccc(C(=O)NCc3ccccc3)c2)cc1. The van der Waals surface area contributed by atoms with Crippen LogP contribution in [0.5, 0.6) is 0 Å². The number of carbonyl (C=O) groups is 3. The van der Waals surface area contributed by atoms with Crippen molar-refractivity contribution in [1.82, 2.24) is 10.6 Å². The number of benzene rings is 3. The Morgan fingerprint density at radius 3 is 2.18 bits per heavy atom. The highest BCUT2D eigenvalue weighted by Crippen LogP contribution is 2.12. The number of carbonyl (C=O) groups excluding carboxylic acids is 3. The maximum absolute atomic E-state index is 12.4. The first kappa shape index (κ1) is 23.5. The van der Waals surface area contributed by atoms with E-state index in [2.05, 4.69) is 21.3 Å². The lowest BCUT2D eigenvalue weighted by atomic mass is 10.1. The second kappa shape index (κ2) is 12.0. The van der Waals surface area contributed by atoms with Gasteiger partial charge in [-0.15, -0.1) is 0 Å². The van der Waals surface area contributed by atoms with Crippen molar-refractivity contribution in [2.24, 2.45) is 0 Å². The topological polar surface area (TPSA) is 99.3 Å². The largest absolute Gasteiger partial charge is 0.376 e. The summed E-state index contributed by atoms with van der Waals surface area (Å²) in [4.78, 5) is 36.7. The predicted molar refractivity (Wildman–Crippen MR) is 130 cm³/mol. The molecule has 0 unspecified atom stereocenters. The lowest BCUT2D eigenvalue weighted by Crippen LogP contribution is -2.24. The van der Waals surface area contributed by atoms with Crippen LogP contribution in [-0.2, 0) is 11.3 Å². The molecule has 3 aromatic rings. The normalized spacial score (nSPS) is 10.2. The molecule has 0 spiro atoms. The molecule has 0 saturated carbocycles. The fraction of sp³-hybridized carbons (Fsp3) is 0.192. The third kappa shape index (κ3) is 7.50. The van der Waals surface area contributed by atoms with Gasteiger partial charge in [-0.2, -0.15) is 0 Å². The molecule has 0 heterocycles. The van der Waals surface area contributed by atoms with Gasteiger partial charge in [0.1, 0.15) is 0 Å². The van der Waals surface area contributed by atoms with E-state index in [0.29, 0.717) is 35.6 Å². The van der Waals surface area contributed by atoms with E-state index in [1.54, 1.807) is 48.5 Å². The molecule has 0 saturated heterocycles. The summed E-state index contributed by atoms with van der Waals surface area (Å²) in [5.41, 5.74) is 3.34. The molecule has 0 atom stereocenters. The summed E-state index contributed by atoms with van der Waals surface area (Å²) in [6.07, 6.45) is 0.869. The van der Waals surface area contributed by atoms with E-state index in [4.69, 9.17) is 0 Å². The van der Waals surface area contributed by atoms with Gasteiger partial charge in [-0.3, -0.25) is 14.4 Å². The highest BCUT2D eigenvalue weighted by atomic mass is 16.2. The van der Waals surface area contributed by atoms with Crippen molar-refractivity contribution in [1.29, 1.82) is 0 Å². The quantitative estimate of drug-likeness (QED) is 0.382. The van der Waals surface area contributed by atoms with Crippen LogP contribution in [0.25, 0.3) is 0 Å². The van der Waals surface area contributed by atoms with E-state index < -0.39 is 0 Å². The van der Waals surface area contributed by atoms with Gasteiger partial charge in [0.05, 0.1) is 6.54 Å². The van der Waals surface area contributed by atoms with E-state index in [0.717, 1.165) is 12.0 Å².